The zero-order valence-corrected chi connectivity index (χ0v) is 22.1. The highest BCUT2D eigenvalue weighted by Crippen LogP contribution is 2.68. The molecule has 0 radical (unpaired) electrons. The molecule has 1 aromatic carbocycles. The number of aryl methyl sites for hydroxylation is 1. The van der Waals surface area contributed by atoms with Crippen molar-refractivity contribution in [1.82, 2.24) is 19.4 Å². The largest absolute Gasteiger partial charge is 0.457 e. The molecule has 6 rings (SSSR count). The van der Waals surface area contributed by atoms with E-state index in [4.69, 9.17) is 4.74 Å². The first-order valence-electron chi connectivity index (χ1n) is 13.3. The Morgan fingerprint density at radius 1 is 1.24 bits per heavy atom. The van der Waals surface area contributed by atoms with Crippen molar-refractivity contribution >= 4 is 28.7 Å². The van der Waals surface area contributed by atoms with E-state index in [1.807, 2.05) is 4.90 Å². The molecular weight excluding hydrogens is 544 g/mol. The van der Waals surface area contributed by atoms with Crippen LogP contribution >= 0.6 is 0 Å². The fourth-order valence-corrected chi connectivity index (χ4v) is 5.69. The Balaban J connectivity index is 1.15. The molecule has 2 aromatic heterocycles. The normalized spacial score (nSPS) is 24.0. The maximum absolute atomic E-state index is 14.6. The average molecular weight is 573 g/mol. The summed E-state index contributed by atoms with van der Waals surface area (Å²) in [4.78, 5) is 23.1. The number of likely N-dealkylation sites (tertiary alicyclic amines) is 1. The summed E-state index contributed by atoms with van der Waals surface area (Å²) < 4.78 is 62.9. The molecule has 3 heterocycles. The topological polar surface area (TPSA) is 105 Å². The Bertz CT molecular complexity index is 1570. The number of allylic oxidation sites excluding steroid dienone is 4. The van der Waals surface area contributed by atoms with Crippen LogP contribution < -0.4 is 15.4 Å². The number of nitrogens with zero attached hydrogens (tertiary/aromatic N) is 4. The fourth-order valence-electron chi connectivity index (χ4n) is 5.69. The second-order valence-corrected chi connectivity index (χ2v) is 10.6. The summed E-state index contributed by atoms with van der Waals surface area (Å²) in [5.41, 5.74) is -1.00. The second-order valence-electron chi connectivity index (χ2n) is 10.6. The maximum Gasteiger partial charge on any atom is 0.398 e. The van der Waals surface area contributed by atoms with Gasteiger partial charge in [0, 0.05) is 37.3 Å². The van der Waals surface area contributed by atoms with E-state index in [0.717, 1.165) is 31.5 Å². The van der Waals surface area contributed by atoms with Gasteiger partial charge in [0.1, 0.15) is 23.1 Å². The van der Waals surface area contributed by atoms with Crippen LogP contribution in [-0.4, -0.2) is 62.4 Å². The molecule has 2 aliphatic carbocycles. The van der Waals surface area contributed by atoms with Crippen molar-refractivity contribution in [2.75, 3.05) is 30.3 Å². The first-order chi connectivity index (χ1) is 19.6. The van der Waals surface area contributed by atoms with E-state index in [0.29, 0.717) is 28.4 Å². The van der Waals surface area contributed by atoms with Crippen molar-refractivity contribution in [2.45, 2.75) is 31.5 Å². The minimum Gasteiger partial charge on any atom is -0.457 e. The number of rotatable bonds is 8. The van der Waals surface area contributed by atoms with E-state index in [1.165, 1.54) is 6.20 Å². The van der Waals surface area contributed by atoms with Gasteiger partial charge in [-0.1, -0.05) is 6.08 Å². The number of benzene rings is 1. The number of carbonyl (C=O) groups is 1. The smallest absolute Gasteiger partial charge is 0.398 e. The lowest BCUT2D eigenvalue weighted by Crippen LogP contribution is -2.38. The monoisotopic (exact) mass is 572 g/mol. The highest BCUT2D eigenvalue weighted by Gasteiger charge is 2.71. The summed E-state index contributed by atoms with van der Waals surface area (Å²) in [6.45, 7) is 0.916. The van der Waals surface area contributed by atoms with E-state index in [1.54, 1.807) is 41.9 Å². The minimum atomic E-state index is -4.47. The van der Waals surface area contributed by atoms with Gasteiger partial charge in [0.2, 0.25) is 11.9 Å². The van der Waals surface area contributed by atoms with E-state index in [9.17, 15) is 27.5 Å². The van der Waals surface area contributed by atoms with Crippen molar-refractivity contribution in [2.24, 2.45) is 18.4 Å². The Morgan fingerprint density at radius 3 is 2.83 bits per heavy atom. The number of hydrogen-bond acceptors (Lipinski definition) is 7. The number of aromatic nitrogens is 3. The SMILES string of the molecule is Cn1c(NC2=C(F)C=CC3(C(F)(F)F)CC23)nc2cc(Oc3ccnc(NC(=O)CN4CCC[C@H]4CO)c3)ccc21. The lowest BCUT2D eigenvalue weighted by atomic mass is 9.96. The third-order valence-electron chi connectivity index (χ3n) is 8.05. The zero-order chi connectivity index (χ0) is 28.9. The van der Waals surface area contributed by atoms with E-state index in [-0.39, 0.29) is 43.2 Å². The van der Waals surface area contributed by atoms with E-state index < -0.39 is 23.3 Å². The Labute approximate surface area is 232 Å². The van der Waals surface area contributed by atoms with Gasteiger partial charge >= 0.3 is 6.18 Å². The number of imidazole rings is 1. The zero-order valence-electron chi connectivity index (χ0n) is 22.1. The summed E-state index contributed by atoms with van der Waals surface area (Å²) in [6, 6.07) is 8.29. The number of anilines is 2. The molecule has 9 nitrogen and oxygen atoms in total. The molecule has 1 saturated heterocycles. The number of aliphatic hydroxyl groups is 1. The van der Waals surface area contributed by atoms with Gasteiger partial charge in [0.15, 0.2) is 0 Å². The number of aliphatic hydroxyl groups excluding tert-OH is 1. The maximum atomic E-state index is 14.6. The van der Waals surface area contributed by atoms with Gasteiger partial charge in [-0.05, 0) is 50.1 Å². The van der Waals surface area contributed by atoms with Crippen LogP contribution in [0.1, 0.15) is 19.3 Å². The molecule has 3 N–H and O–H groups in total. The van der Waals surface area contributed by atoms with Crippen molar-refractivity contribution in [1.29, 1.82) is 0 Å². The molecule has 13 heteroatoms. The van der Waals surface area contributed by atoms with Gasteiger partial charge < -0.3 is 25.0 Å². The molecule has 216 valence electrons. The summed E-state index contributed by atoms with van der Waals surface area (Å²) in [6.07, 6.45) is 0.397. The number of amides is 1. The average Bonchev–Trinajstić information content (AvgIpc) is 3.42. The third kappa shape index (κ3) is 5.04. The number of hydrogen-bond donors (Lipinski definition) is 3. The molecule has 1 amide bonds. The van der Waals surface area contributed by atoms with Gasteiger partial charge in [0.25, 0.3) is 0 Å². The van der Waals surface area contributed by atoms with Gasteiger partial charge in [-0.2, -0.15) is 13.2 Å². The van der Waals surface area contributed by atoms with Crippen LogP contribution in [0.5, 0.6) is 11.5 Å². The van der Waals surface area contributed by atoms with Crippen LogP contribution in [0.25, 0.3) is 11.0 Å². The molecular formula is C28H28F4N6O3. The standard InChI is InChI=1S/C28H28F4N6O3/c1-37-22-5-4-17(41-18-7-9-33-23(12-18)35-24(40)14-38-10-2-3-16(38)15-39)11-21(22)34-26(37)36-25-19-13-27(19,28(30,31)32)8-6-20(25)29/h4-9,11-12,16,19,39H,2-3,10,13-15H2,1H3,(H,34,36)(H,33,35,40)/t16-,19?,27?/m0/s1. The number of pyridine rings is 1. The van der Waals surface area contributed by atoms with Gasteiger partial charge in [-0.25, -0.2) is 14.4 Å². The molecule has 2 unspecified atom stereocenters. The van der Waals surface area contributed by atoms with Crippen LogP contribution in [0, 0.1) is 11.3 Å². The number of ether oxygens (including phenoxy) is 1. The molecule has 1 saturated carbocycles. The first-order valence-corrected chi connectivity index (χ1v) is 13.3. The van der Waals surface area contributed by atoms with Gasteiger partial charge in [-0.15, -0.1) is 0 Å². The molecule has 41 heavy (non-hydrogen) atoms. The second kappa shape index (κ2) is 10.1. The van der Waals surface area contributed by atoms with Crippen LogP contribution in [0.15, 0.2) is 60.2 Å². The summed E-state index contributed by atoms with van der Waals surface area (Å²) in [7, 11) is 1.68. The van der Waals surface area contributed by atoms with Crippen molar-refractivity contribution in [3.05, 3.63) is 60.2 Å². The predicted octanol–water partition coefficient (Wildman–Crippen LogP) is 4.89. The molecule has 3 aliphatic rings. The molecule has 0 spiro atoms. The Morgan fingerprint density at radius 2 is 2.05 bits per heavy atom. The lowest BCUT2D eigenvalue weighted by Gasteiger charge is -2.22. The van der Waals surface area contributed by atoms with Crippen LogP contribution in [0.4, 0.5) is 29.3 Å². The first kappa shape index (κ1) is 27.2. The van der Waals surface area contributed by atoms with Crippen LogP contribution in [-0.2, 0) is 11.8 Å². The molecule has 2 fully saturated rings. The summed E-state index contributed by atoms with van der Waals surface area (Å²) in [5.74, 6) is -0.643. The number of halogens is 4. The van der Waals surface area contributed by atoms with Crippen molar-refractivity contribution in [3.63, 3.8) is 0 Å². The fraction of sp³-hybridized carbons (Fsp3) is 0.393. The molecule has 3 atom stereocenters. The molecule has 3 aromatic rings. The van der Waals surface area contributed by atoms with Crippen molar-refractivity contribution < 1.29 is 32.2 Å². The summed E-state index contributed by atoms with van der Waals surface area (Å²) in [5, 5.41) is 15.0. The Kier molecular flexibility index (Phi) is 6.73. The molecule has 1 aliphatic heterocycles. The minimum absolute atomic E-state index is 0.0123. The highest BCUT2D eigenvalue weighted by molar-refractivity contribution is 5.91. The highest BCUT2D eigenvalue weighted by atomic mass is 19.4. The summed E-state index contributed by atoms with van der Waals surface area (Å²) >= 11 is 0. The van der Waals surface area contributed by atoms with E-state index >= 15 is 0 Å². The van der Waals surface area contributed by atoms with Gasteiger partial charge in [0.05, 0.1) is 35.3 Å². The quantitative estimate of drug-likeness (QED) is 0.331. The van der Waals surface area contributed by atoms with E-state index in [2.05, 4.69) is 20.6 Å². The number of nitrogens with one attached hydrogen (secondary N) is 2. The predicted molar refractivity (Wildman–Crippen MR) is 143 cm³/mol. The lowest BCUT2D eigenvalue weighted by molar-refractivity contribution is -0.175. The molecule has 0 bridgehead atoms. The van der Waals surface area contributed by atoms with Crippen LogP contribution in [0.2, 0.25) is 0 Å². The number of carbonyl (C=O) groups excluding carboxylic acids is 1. The third-order valence-corrected chi connectivity index (χ3v) is 8.05. The van der Waals surface area contributed by atoms with Gasteiger partial charge in [-0.3, -0.25) is 9.69 Å². The van der Waals surface area contributed by atoms with Crippen molar-refractivity contribution in [3.8, 4) is 11.5 Å². The number of fused-ring (bicyclic) bond motifs is 2. The number of alkyl halides is 3. The Hall–Kier alpha value is -3.97. The van der Waals surface area contributed by atoms with Crippen LogP contribution in [0.3, 0.4) is 0 Å².